The molecular formula is C23H17N3O4. The van der Waals surface area contributed by atoms with Crippen molar-refractivity contribution < 1.29 is 18.7 Å². The van der Waals surface area contributed by atoms with Crippen molar-refractivity contribution in [3.63, 3.8) is 0 Å². The first kappa shape index (κ1) is 19.1. The zero-order valence-corrected chi connectivity index (χ0v) is 16.0. The molecule has 4 aromatic rings. The number of carbonyl (C=O) groups is 2. The van der Waals surface area contributed by atoms with Crippen LogP contribution in [0.1, 0.15) is 20.7 Å². The first-order valence-corrected chi connectivity index (χ1v) is 9.12. The van der Waals surface area contributed by atoms with Crippen LogP contribution in [0.2, 0.25) is 0 Å². The summed E-state index contributed by atoms with van der Waals surface area (Å²) in [4.78, 5) is 33.1. The number of ether oxygens (including phenoxy) is 1. The fraction of sp³-hybridized carbons (Fsp3) is 0.0435. The molecule has 0 aliphatic carbocycles. The van der Waals surface area contributed by atoms with Crippen molar-refractivity contribution in [2.24, 2.45) is 4.99 Å². The Bertz CT molecular complexity index is 1280. The maximum absolute atomic E-state index is 12.9. The van der Waals surface area contributed by atoms with Crippen LogP contribution in [0, 0.1) is 0 Å². The molecular weight excluding hydrogens is 382 g/mol. The lowest BCUT2D eigenvalue weighted by Crippen LogP contribution is -2.22. The summed E-state index contributed by atoms with van der Waals surface area (Å²) in [6.07, 6.45) is 1.59. The van der Waals surface area contributed by atoms with Gasteiger partial charge in [0.15, 0.2) is 0 Å². The monoisotopic (exact) mass is 399 g/mol. The van der Waals surface area contributed by atoms with Crippen molar-refractivity contribution in [2.45, 2.75) is 0 Å². The van der Waals surface area contributed by atoms with Crippen LogP contribution in [-0.4, -0.2) is 24.0 Å². The number of esters is 1. The third-order valence-corrected chi connectivity index (χ3v) is 4.33. The molecule has 1 N–H and O–H groups in total. The van der Waals surface area contributed by atoms with Crippen molar-refractivity contribution >= 4 is 34.4 Å². The Morgan fingerprint density at radius 3 is 2.50 bits per heavy atom. The van der Waals surface area contributed by atoms with E-state index < -0.39 is 11.9 Å². The number of benzene rings is 2. The van der Waals surface area contributed by atoms with Gasteiger partial charge in [0, 0.05) is 11.6 Å². The predicted octanol–water partition coefficient (Wildman–Crippen LogP) is 4.10. The number of aromatic nitrogens is 1. The van der Waals surface area contributed by atoms with E-state index in [4.69, 9.17) is 9.15 Å². The van der Waals surface area contributed by atoms with Gasteiger partial charge in [0.25, 0.3) is 5.91 Å². The smallest absolute Gasteiger partial charge is 0.337 e. The number of para-hydroxylation sites is 1. The van der Waals surface area contributed by atoms with Crippen molar-refractivity contribution in [3.8, 4) is 0 Å². The van der Waals surface area contributed by atoms with E-state index in [9.17, 15) is 9.59 Å². The number of nitrogens with one attached hydrogen (secondary N) is 1. The molecule has 0 fully saturated rings. The Balaban J connectivity index is 1.79. The quantitative estimate of drug-likeness (QED) is 0.522. The van der Waals surface area contributed by atoms with Gasteiger partial charge in [-0.05, 0) is 48.5 Å². The van der Waals surface area contributed by atoms with Crippen molar-refractivity contribution in [3.05, 3.63) is 95.7 Å². The summed E-state index contributed by atoms with van der Waals surface area (Å²) < 4.78 is 10.6. The highest BCUT2D eigenvalue weighted by atomic mass is 16.5. The number of fused-ring (bicyclic) bond motifs is 1. The van der Waals surface area contributed by atoms with E-state index >= 15 is 0 Å². The summed E-state index contributed by atoms with van der Waals surface area (Å²) in [5.74, 6) is -0.412. The fourth-order valence-corrected chi connectivity index (χ4v) is 2.84. The zero-order chi connectivity index (χ0) is 20.9. The summed E-state index contributed by atoms with van der Waals surface area (Å²) >= 11 is 0. The molecule has 30 heavy (non-hydrogen) atoms. The summed E-state index contributed by atoms with van der Waals surface area (Å²) in [7, 11) is 1.32. The molecule has 0 atom stereocenters. The molecule has 1 amide bonds. The summed E-state index contributed by atoms with van der Waals surface area (Å²) in [6, 6.07) is 20.8. The highest BCUT2D eigenvalue weighted by molar-refractivity contribution is 6.04. The largest absolute Gasteiger partial charge is 0.465 e. The van der Waals surface area contributed by atoms with E-state index in [1.807, 2.05) is 18.2 Å². The Labute approximate surface area is 171 Å². The maximum atomic E-state index is 12.9. The molecule has 7 nitrogen and oxygen atoms in total. The van der Waals surface area contributed by atoms with Crippen LogP contribution in [0.3, 0.4) is 0 Å². The van der Waals surface area contributed by atoms with E-state index in [0.29, 0.717) is 22.7 Å². The second kappa shape index (κ2) is 8.40. The second-order valence-corrected chi connectivity index (χ2v) is 6.32. The average Bonchev–Trinajstić information content (AvgIpc) is 2.79. The van der Waals surface area contributed by atoms with Crippen molar-refractivity contribution in [1.29, 1.82) is 0 Å². The van der Waals surface area contributed by atoms with Gasteiger partial charge in [-0.25, -0.2) is 14.8 Å². The van der Waals surface area contributed by atoms with Gasteiger partial charge in [-0.1, -0.05) is 24.3 Å². The van der Waals surface area contributed by atoms with Gasteiger partial charge in [-0.3, -0.25) is 4.79 Å². The Morgan fingerprint density at radius 2 is 1.77 bits per heavy atom. The van der Waals surface area contributed by atoms with Crippen molar-refractivity contribution in [1.82, 2.24) is 4.98 Å². The van der Waals surface area contributed by atoms with Crippen LogP contribution in [0.15, 0.2) is 88.4 Å². The van der Waals surface area contributed by atoms with Gasteiger partial charge in [-0.15, -0.1) is 0 Å². The van der Waals surface area contributed by atoms with Crippen LogP contribution in [0.5, 0.6) is 0 Å². The third-order valence-electron chi connectivity index (χ3n) is 4.33. The molecule has 2 aromatic carbocycles. The summed E-state index contributed by atoms with van der Waals surface area (Å²) in [6.45, 7) is 0. The minimum Gasteiger partial charge on any atom is -0.465 e. The summed E-state index contributed by atoms with van der Waals surface area (Å²) in [5, 5.41) is 3.52. The first-order valence-electron chi connectivity index (χ1n) is 9.12. The van der Waals surface area contributed by atoms with Crippen LogP contribution >= 0.6 is 0 Å². The van der Waals surface area contributed by atoms with Gasteiger partial charge in [0.2, 0.25) is 5.55 Å². The number of amides is 1. The topological polar surface area (TPSA) is 93.8 Å². The van der Waals surface area contributed by atoms with E-state index in [-0.39, 0.29) is 11.1 Å². The van der Waals surface area contributed by atoms with Gasteiger partial charge in [0.1, 0.15) is 17.0 Å². The average molecular weight is 399 g/mol. The number of carbonyl (C=O) groups excluding carboxylic acids is 2. The molecule has 0 radical (unpaired) electrons. The standard InChI is InChI=1S/C23H17N3O4/c1-29-23(28)15-9-11-17(12-10-15)25-22-18(14-16-6-2-3-7-19(16)30-22)21(27)26-20-8-4-5-13-24-20/h2-14H,1H3,(H,24,26,27). The Hall–Kier alpha value is -4.26. The number of hydrogen-bond acceptors (Lipinski definition) is 6. The minimum absolute atomic E-state index is 0.146. The number of anilines is 1. The van der Waals surface area contributed by atoms with Gasteiger partial charge >= 0.3 is 5.97 Å². The first-order chi connectivity index (χ1) is 14.6. The van der Waals surface area contributed by atoms with Crippen LogP contribution in [0.25, 0.3) is 11.0 Å². The molecule has 0 bridgehead atoms. The number of hydrogen-bond donors (Lipinski definition) is 1. The van der Waals surface area contributed by atoms with Crippen LogP contribution < -0.4 is 10.9 Å². The minimum atomic E-state index is -0.438. The highest BCUT2D eigenvalue weighted by Gasteiger charge is 2.14. The molecule has 0 saturated carbocycles. The second-order valence-electron chi connectivity index (χ2n) is 6.32. The SMILES string of the molecule is COC(=O)c1ccc(N=c2oc3ccccc3cc2C(=O)Nc2ccccn2)cc1. The number of methoxy groups -OCH3 is 1. The maximum Gasteiger partial charge on any atom is 0.337 e. The van der Waals surface area contributed by atoms with Crippen LogP contribution in [-0.2, 0) is 4.74 Å². The molecule has 2 heterocycles. The highest BCUT2D eigenvalue weighted by Crippen LogP contribution is 2.17. The van der Waals surface area contributed by atoms with E-state index in [2.05, 4.69) is 15.3 Å². The van der Waals surface area contributed by atoms with Gasteiger partial charge in [0.05, 0.1) is 18.4 Å². The normalized spacial score (nSPS) is 11.3. The number of rotatable bonds is 4. The van der Waals surface area contributed by atoms with Crippen molar-refractivity contribution in [2.75, 3.05) is 12.4 Å². The summed E-state index contributed by atoms with van der Waals surface area (Å²) in [5.41, 5.74) is 1.93. The lowest BCUT2D eigenvalue weighted by atomic mass is 10.1. The molecule has 2 aromatic heterocycles. The van der Waals surface area contributed by atoms with E-state index in [0.717, 1.165) is 5.39 Å². The Kier molecular flexibility index (Phi) is 5.34. The molecule has 0 aliphatic rings. The lowest BCUT2D eigenvalue weighted by molar-refractivity contribution is 0.0600. The third kappa shape index (κ3) is 4.10. The molecule has 0 unspecified atom stereocenters. The van der Waals surface area contributed by atoms with E-state index in [1.165, 1.54) is 7.11 Å². The lowest BCUT2D eigenvalue weighted by Gasteiger charge is -2.06. The molecule has 4 rings (SSSR count). The molecule has 148 valence electrons. The Morgan fingerprint density at radius 1 is 1.00 bits per heavy atom. The predicted molar refractivity (Wildman–Crippen MR) is 111 cm³/mol. The fourth-order valence-electron chi connectivity index (χ4n) is 2.84. The van der Waals surface area contributed by atoms with Gasteiger partial charge in [-0.2, -0.15) is 0 Å². The number of nitrogens with zero attached hydrogens (tertiary/aromatic N) is 2. The van der Waals surface area contributed by atoms with Gasteiger partial charge < -0.3 is 14.5 Å². The van der Waals surface area contributed by atoms with E-state index in [1.54, 1.807) is 60.8 Å². The molecule has 0 aliphatic heterocycles. The zero-order valence-electron chi connectivity index (χ0n) is 16.0. The molecule has 0 saturated heterocycles. The molecule has 7 heteroatoms. The molecule has 0 spiro atoms. The van der Waals surface area contributed by atoms with Crippen LogP contribution in [0.4, 0.5) is 11.5 Å². The number of pyridine rings is 1.